The maximum atomic E-state index is 7.13. The molecular weight excluding hydrogens is 311 g/mol. The summed E-state index contributed by atoms with van der Waals surface area (Å²) in [7, 11) is 0. The zero-order chi connectivity index (χ0) is 2.71. The van der Waals surface area contributed by atoms with Crippen molar-refractivity contribution in [1.82, 2.24) is 0 Å². The first-order valence-electron chi connectivity index (χ1n) is 0.428. The van der Waals surface area contributed by atoms with Gasteiger partial charge in [0.15, 0.2) is 0 Å². The normalized spacial score (nSPS) is 0.700. The average Bonchev–Trinajstić information content (AvgIpc) is 0.918. The largest absolute Gasteiger partial charge is 0.696 e. The van der Waals surface area contributed by atoms with Crippen molar-refractivity contribution in [2.45, 2.75) is 0 Å². The fourth-order valence-electron chi connectivity index (χ4n) is 0. The van der Waals surface area contributed by atoms with Crippen LogP contribution < -0.4 is 0 Å². The molecule has 0 radical (unpaired) electrons. The predicted molar refractivity (Wildman–Crippen MR) is 34.7 cm³/mol. The smallest absolute Gasteiger partial charge is 0 e. The van der Waals surface area contributed by atoms with E-state index in [1.165, 1.54) is 5.40 Å². The molecule has 0 aromatic rings. The van der Waals surface area contributed by atoms with Gasteiger partial charge in [0, 0.05) is 39.9 Å². The number of nitriles is 1. The summed E-state index contributed by atoms with van der Waals surface area (Å²) in [5.41, 5.74) is 0. The molecule has 0 rings (SSSR count). The Hall–Kier alpha value is 0.795. The summed E-state index contributed by atoms with van der Waals surface area (Å²) in [5.74, 6) is 0. The van der Waals surface area contributed by atoms with Gasteiger partial charge in [-0.05, 0) is 0 Å². The maximum absolute atomic E-state index is 7.13. The molecule has 0 unspecified atom stereocenters. The quantitative estimate of drug-likeness (QED) is 0.316. The zero-order valence-electron chi connectivity index (χ0n) is 4.71. The average molecular weight is 323 g/mol. The van der Waals surface area contributed by atoms with Crippen molar-refractivity contribution < 1.29 is 72.8 Å². The van der Waals surface area contributed by atoms with E-state index in [-0.39, 0.29) is 72.8 Å². The Kier molecular flexibility index (Phi) is 3120. The van der Waals surface area contributed by atoms with Crippen LogP contribution in [0.4, 0.5) is 0 Å². The molecule has 0 amide bonds. The molecule has 0 saturated carbocycles. The Balaban J connectivity index is -0.000000000952. The van der Waals surface area contributed by atoms with Crippen molar-refractivity contribution in [1.29, 1.82) is 5.26 Å². The van der Waals surface area contributed by atoms with Gasteiger partial charge >= 0.3 is 0 Å². The van der Waals surface area contributed by atoms with Crippen LogP contribution in [-0.4, -0.2) is 32.9 Å². The molecule has 12 N–H and O–H groups in total. The van der Waals surface area contributed by atoms with Crippen molar-refractivity contribution in [3.05, 3.63) is 0 Å². The van der Waals surface area contributed by atoms with Crippen LogP contribution >= 0.6 is 0 Å². The van der Waals surface area contributed by atoms with Crippen LogP contribution in [0.1, 0.15) is 0 Å². The molecule has 0 aliphatic rings. The summed E-state index contributed by atoms with van der Waals surface area (Å²) in [6, 6.07) is 0. The molecule has 0 fully saturated rings. The molecule has 0 atom stereocenters. The molecule has 0 aromatic heterocycles. The first kappa shape index (κ1) is 133. The monoisotopic (exact) mass is 324 g/mol. The summed E-state index contributed by atoms with van der Waals surface area (Å²) in [6.07, 6.45) is 0. The molecule has 0 aliphatic heterocycles. The van der Waals surface area contributed by atoms with E-state index in [2.05, 4.69) is 12.6 Å². The van der Waals surface area contributed by atoms with Gasteiger partial charge in [0.25, 0.3) is 0 Å². The number of hydrogen-bond donors (Lipinski definition) is 0. The Morgan fingerprint density at radius 3 is 0.800 bits per heavy atom. The van der Waals surface area contributed by atoms with E-state index >= 15 is 0 Å². The second-order valence-electron chi connectivity index (χ2n) is 0.0913. The minimum atomic E-state index is 0. The number of rotatable bonds is 0. The van der Waals surface area contributed by atoms with E-state index < -0.39 is 0 Å². The molecule has 0 aliphatic carbocycles. The van der Waals surface area contributed by atoms with Gasteiger partial charge < -0.3 is 45.5 Å². The van der Waals surface area contributed by atoms with Gasteiger partial charge in [-0.25, -0.2) is 5.26 Å². The molecule has 0 spiro atoms. The molecular formula is CH12GdNO6S-. The van der Waals surface area contributed by atoms with Crippen LogP contribution in [0, 0.1) is 50.6 Å². The minimum absolute atomic E-state index is 0. The molecule has 72 valence electrons. The summed E-state index contributed by atoms with van der Waals surface area (Å²) in [4.78, 5) is 0. The topological polar surface area (TPSA) is 213 Å². The first-order chi connectivity index (χ1) is 1.41. The van der Waals surface area contributed by atoms with Crippen LogP contribution in [0.3, 0.4) is 0 Å². The van der Waals surface area contributed by atoms with Crippen LogP contribution in [0.5, 0.6) is 0 Å². The van der Waals surface area contributed by atoms with E-state index in [4.69, 9.17) is 5.26 Å². The summed E-state index contributed by atoms with van der Waals surface area (Å²) in [5, 5.41) is 8.47. The van der Waals surface area contributed by atoms with Gasteiger partial charge in [-0.15, -0.1) is 0 Å². The molecule has 0 bridgehead atoms. The van der Waals surface area contributed by atoms with Gasteiger partial charge in [-0.2, -0.15) is 0 Å². The van der Waals surface area contributed by atoms with Crippen LogP contribution in [0.2, 0.25) is 0 Å². The van der Waals surface area contributed by atoms with Crippen molar-refractivity contribution >= 4 is 12.6 Å². The predicted octanol–water partition coefficient (Wildman–Crippen LogP) is -4.93. The van der Waals surface area contributed by atoms with E-state index in [1.54, 1.807) is 0 Å². The maximum Gasteiger partial charge on any atom is 0 e. The fraction of sp³-hybridized carbons (Fsp3) is 0. The number of hydrogen-bond acceptors (Lipinski definition) is 2. The third-order valence-corrected chi connectivity index (χ3v) is 0. The van der Waals surface area contributed by atoms with E-state index in [1.807, 2.05) is 0 Å². The van der Waals surface area contributed by atoms with Crippen molar-refractivity contribution in [3.8, 4) is 5.40 Å². The second-order valence-corrected chi connectivity index (χ2v) is 0.274. The zero-order valence-corrected chi connectivity index (χ0v) is 7.79. The second kappa shape index (κ2) is 235. The third kappa shape index (κ3) is 846. The summed E-state index contributed by atoms with van der Waals surface area (Å²) < 4.78 is 0. The van der Waals surface area contributed by atoms with E-state index in [9.17, 15) is 0 Å². The van der Waals surface area contributed by atoms with Gasteiger partial charge in [-0.1, -0.05) is 5.40 Å². The first-order valence-corrected chi connectivity index (χ1v) is 0.836. The Morgan fingerprint density at radius 1 is 0.800 bits per heavy atom. The SMILES string of the molecule is N#C[S-].O.O.O.O.O.O.[Gd]. The van der Waals surface area contributed by atoms with Gasteiger partial charge in [0.05, 0.1) is 0 Å². The summed E-state index contributed by atoms with van der Waals surface area (Å²) >= 11 is 3.70. The molecule has 10 heavy (non-hydrogen) atoms. The van der Waals surface area contributed by atoms with Crippen LogP contribution in [0.15, 0.2) is 0 Å². The van der Waals surface area contributed by atoms with Crippen LogP contribution in [0.25, 0.3) is 0 Å². The Bertz CT molecular complexity index is 39.2. The van der Waals surface area contributed by atoms with E-state index in [0.29, 0.717) is 0 Å². The molecule has 0 heterocycles. The third-order valence-electron chi connectivity index (χ3n) is 0. The van der Waals surface area contributed by atoms with Gasteiger partial charge in [0.1, 0.15) is 0 Å². The minimum Gasteiger partial charge on any atom is -0.696 e. The molecule has 7 nitrogen and oxygen atoms in total. The van der Waals surface area contributed by atoms with Gasteiger partial charge in [0.2, 0.25) is 0 Å². The molecule has 0 saturated heterocycles. The van der Waals surface area contributed by atoms with Gasteiger partial charge in [-0.3, -0.25) is 0 Å². The fourth-order valence-corrected chi connectivity index (χ4v) is 0. The molecule has 9 heteroatoms. The number of nitrogens with zero attached hydrogens (tertiary/aromatic N) is 1. The number of thiocyanates is 1. The standard InChI is InChI=1S/CHNS.Gd.6H2O/c2-1-3;;;;;;;/h3H;;6*1H2/p-1. The Labute approximate surface area is 95.4 Å². The summed E-state index contributed by atoms with van der Waals surface area (Å²) in [6.45, 7) is 0. The van der Waals surface area contributed by atoms with Crippen molar-refractivity contribution in [3.63, 3.8) is 0 Å². The van der Waals surface area contributed by atoms with E-state index in [0.717, 1.165) is 0 Å². The van der Waals surface area contributed by atoms with Crippen molar-refractivity contribution in [2.75, 3.05) is 0 Å². The van der Waals surface area contributed by atoms with Crippen LogP contribution in [-0.2, 0) is 12.6 Å². The molecule has 0 aromatic carbocycles. The van der Waals surface area contributed by atoms with Crippen molar-refractivity contribution in [2.24, 2.45) is 0 Å². The Morgan fingerprint density at radius 2 is 0.800 bits per heavy atom.